The van der Waals surface area contributed by atoms with E-state index in [1.54, 1.807) is 30.3 Å². The first-order valence-electron chi connectivity index (χ1n) is 6.19. The van der Waals surface area contributed by atoms with Gasteiger partial charge in [0, 0.05) is 9.79 Å². The molecule has 0 aromatic heterocycles. The minimum Gasteiger partial charge on any atom is -0.478 e. The van der Waals surface area contributed by atoms with Gasteiger partial charge >= 0.3 is 11.9 Å². The van der Waals surface area contributed by atoms with E-state index in [4.69, 9.17) is 10.4 Å². The highest BCUT2D eigenvalue weighted by molar-refractivity contribution is 7.99. The fraction of sp³-hybridized carbons (Fsp3) is 0.0625. The van der Waals surface area contributed by atoms with Crippen LogP contribution in [0.3, 0.4) is 0 Å². The molecule has 5 nitrogen and oxygen atoms in total. The lowest BCUT2D eigenvalue weighted by Gasteiger charge is -2.06. The monoisotopic (exact) mass is 313 g/mol. The SMILES string of the molecule is COC(=O)c1ccc(Sc2ccc(C(=O)O)cc2C#N)cc1. The lowest BCUT2D eigenvalue weighted by atomic mass is 10.1. The molecule has 0 fully saturated rings. The molecule has 0 spiro atoms. The van der Waals surface area contributed by atoms with Crippen LogP contribution in [0.25, 0.3) is 0 Å². The summed E-state index contributed by atoms with van der Waals surface area (Å²) in [6.45, 7) is 0. The molecule has 2 rings (SSSR count). The average molecular weight is 313 g/mol. The summed E-state index contributed by atoms with van der Waals surface area (Å²) >= 11 is 1.32. The van der Waals surface area contributed by atoms with Crippen molar-refractivity contribution in [2.75, 3.05) is 7.11 Å². The molecule has 0 radical (unpaired) electrons. The van der Waals surface area contributed by atoms with Gasteiger partial charge in [-0.1, -0.05) is 11.8 Å². The van der Waals surface area contributed by atoms with Crippen molar-refractivity contribution in [3.05, 3.63) is 59.2 Å². The van der Waals surface area contributed by atoms with Crippen LogP contribution < -0.4 is 0 Å². The quantitative estimate of drug-likeness (QED) is 0.872. The Hall–Kier alpha value is -2.78. The van der Waals surface area contributed by atoms with Crippen molar-refractivity contribution in [3.63, 3.8) is 0 Å². The topological polar surface area (TPSA) is 87.4 Å². The van der Waals surface area contributed by atoms with Crippen LogP contribution in [-0.2, 0) is 4.74 Å². The lowest BCUT2D eigenvalue weighted by Crippen LogP contribution is -2.00. The molecule has 0 amide bonds. The molecule has 0 heterocycles. The normalized spacial score (nSPS) is 9.82. The molecule has 0 unspecified atom stereocenters. The summed E-state index contributed by atoms with van der Waals surface area (Å²) in [4.78, 5) is 23.7. The maximum absolute atomic E-state index is 11.4. The van der Waals surface area contributed by atoms with E-state index < -0.39 is 11.9 Å². The van der Waals surface area contributed by atoms with Crippen LogP contribution in [0, 0.1) is 11.3 Å². The molecule has 110 valence electrons. The summed E-state index contributed by atoms with van der Waals surface area (Å²) in [5.41, 5.74) is 0.803. The molecule has 0 aliphatic rings. The molecule has 0 atom stereocenters. The summed E-state index contributed by atoms with van der Waals surface area (Å²) < 4.78 is 4.62. The van der Waals surface area contributed by atoms with Crippen molar-refractivity contribution in [1.29, 1.82) is 5.26 Å². The fourth-order valence-electron chi connectivity index (χ4n) is 1.74. The van der Waals surface area contributed by atoms with E-state index in [-0.39, 0.29) is 5.56 Å². The molecule has 2 aromatic rings. The highest BCUT2D eigenvalue weighted by Gasteiger charge is 2.10. The maximum Gasteiger partial charge on any atom is 0.337 e. The van der Waals surface area contributed by atoms with E-state index in [1.807, 2.05) is 6.07 Å². The van der Waals surface area contributed by atoms with Crippen LogP contribution in [0.2, 0.25) is 0 Å². The second-order valence-electron chi connectivity index (χ2n) is 4.25. The highest BCUT2D eigenvalue weighted by atomic mass is 32.2. The van der Waals surface area contributed by atoms with Crippen molar-refractivity contribution in [3.8, 4) is 6.07 Å². The van der Waals surface area contributed by atoms with Crippen LogP contribution in [-0.4, -0.2) is 24.2 Å². The van der Waals surface area contributed by atoms with E-state index in [0.717, 1.165) is 4.90 Å². The van der Waals surface area contributed by atoms with Crippen LogP contribution >= 0.6 is 11.8 Å². The van der Waals surface area contributed by atoms with Gasteiger partial charge in [-0.3, -0.25) is 0 Å². The molecule has 0 bridgehead atoms. The summed E-state index contributed by atoms with van der Waals surface area (Å²) in [5.74, 6) is -1.49. The third-order valence-corrected chi connectivity index (χ3v) is 3.93. The third kappa shape index (κ3) is 3.45. The first kappa shape index (κ1) is 15.6. The molecule has 1 N–H and O–H groups in total. The summed E-state index contributed by atoms with van der Waals surface area (Å²) in [6.07, 6.45) is 0. The lowest BCUT2D eigenvalue weighted by molar-refractivity contribution is 0.0599. The van der Waals surface area contributed by atoms with Gasteiger partial charge in [-0.2, -0.15) is 5.26 Å². The predicted molar refractivity (Wildman–Crippen MR) is 80.0 cm³/mol. The Labute approximate surface area is 131 Å². The van der Waals surface area contributed by atoms with Gasteiger partial charge in [-0.05, 0) is 42.5 Å². The number of methoxy groups -OCH3 is 1. The second kappa shape index (κ2) is 6.78. The van der Waals surface area contributed by atoms with Crippen LogP contribution in [0.5, 0.6) is 0 Å². The van der Waals surface area contributed by atoms with Gasteiger partial charge in [0.1, 0.15) is 6.07 Å². The van der Waals surface area contributed by atoms with E-state index in [2.05, 4.69) is 4.74 Å². The summed E-state index contributed by atoms with van der Waals surface area (Å²) in [5, 5.41) is 18.1. The van der Waals surface area contributed by atoms with Crippen molar-refractivity contribution in [2.24, 2.45) is 0 Å². The summed E-state index contributed by atoms with van der Waals surface area (Å²) in [6, 6.07) is 13.1. The predicted octanol–water partition coefficient (Wildman–Crippen LogP) is 3.19. The van der Waals surface area contributed by atoms with Crippen LogP contribution in [0.1, 0.15) is 26.3 Å². The molecule has 0 aliphatic heterocycles. The first-order valence-corrected chi connectivity index (χ1v) is 7.00. The minimum absolute atomic E-state index is 0.0712. The van der Waals surface area contributed by atoms with Gasteiger partial charge in [0.05, 0.1) is 23.8 Å². The first-order chi connectivity index (χ1) is 10.5. The molecular weight excluding hydrogens is 302 g/mol. The van der Waals surface area contributed by atoms with Gasteiger partial charge in [-0.15, -0.1) is 0 Å². The number of rotatable bonds is 4. The zero-order valence-electron chi connectivity index (χ0n) is 11.6. The Kier molecular flexibility index (Phi) is 4.81. The highest BCUT2D eigenvalue weighted by Crippen LogP contribution is 2.31. The molecule has 0 saturated carbocycles. The number of aromatic carboxylic acids is 1. The largest absolute Gasteiger partial charge is 0.478 e. The number of carboxylic acids is 1. The molecule has 22 heavy (non-hydrogen) atoms. The third-order valence-electron chi connectivity index (χ3n) is 2.85. The number of hydrogen-bond donors (Lipinski definition) is 1. The van der Waals surface area contributed by atoms with Gasteiger partial charge < -0.3 is 9.84 Å². The number of nitrogens with zero attached hydrogens (tertiary/aromatic N) is 1. The Morgan fingerprint density at radius 2 is 1.77 bits per heavy atom. The van der Waals surface area contributed by atoms with Gasteiger partial charge in [0.25, 0.3) is 0 Å². The fourth-order valence-corrected chi connectivity index (χ4v) is 2.62. The van der Waals surface area contributed by atoms with Crippen molar-refractivity contribution in [1.82, 2.24) is 0 Å². The number of carbonyl (C=O) groups is 2. The van der Waals surface area contributed by atoms with Crippen molar-refractivity contribution in [2.45, 2.75) is 9.79 Å². The Morgan fingerprint density at radius 1 is 1.14 bits per heavy atom. The maximum atomic E-state index is 11.4. The van der Waals surface area contributed by atoms with Crippen LogP contribution in [0.4, 0.5) is 0 Å². The summed E-state index contributed by atoms with van der Waals surface area (Å²) in [7, 11) is 1.31. The zero-order chi connectivity index (χ0) is 16.1. The molecule has 6 heteroatoms. The van der Waals surface area contributed by atoms with E-state index in [9.17, 15) is 9.59 Å². The van der Waals surface area contributed by atoms with Gasteiger partial charge in [0.15, 0.2) is 0 Å². The Morgan fingerprint density at radius 3 is 2.32 bits per heavy atom. The number of benzene rings is 2. The van der Waals surface area contributed by atoms with E-state index in [0.29, 0.717) is 16.0 Å². The molecule has 2 aromatic carbocycles. The molecule has 0 saturated heterocycles. The van der Waals surface area contributed by atoms with E-state index in [1.165, 1.54) is 31.0 Å². The molecular formula is C16H11NO4S. The van der Waals surface area contributed by atoms with Crippen molar-refractivity contribution < 1.29 is 19.4 Å². The van der Waals surface area contributed by atoms with Gasteiger partial charge in [0.2, 0.25) is 0 Å². The Balaban J connectivity index is 2.25. The van der Waals surface area contributed by atoms with Crippen molar-refractivity contribution >= 4 is 23.7 Å². The number of hydrogen-bond acceptors (Lipinski definition) is 5. The molecule has 0 aliphatic carbocycles. The van der Waals surface area contributed by atoms with Gasteiger partial charge in [-0.25, -0.2) is 9.59 Å². The Bertz CT molecular complexity index is 763. The number of esters is 1. The number of carboxylic acid groups (broad SMARTS) is 1. The van der Waals surface area contributed by atoms with E-state index >= 15 is 0 Å². The minimum atomic E-state index is -1.07. The number of carbonyl (C=O) groups excluding carboxylic acids is 1. The average Bonchev–Trinajstić information content (AvgIpc) is 2.55. The second-order valence-corrected chi connectivity index (χ2v) is 5.36. The smallest absolute Gasteiger partial charge is 0.337 e. The number of nitriles is 1. The van der Waals surface area contributed by atoms with Crippen LogP contribution in [0.15, 0.2) is 52.3 Å². The zero-order valence-corrected chi connectivity index (χ0v) is 12.4. The number of ether oxygens (including phenoxy) is 1. The standard InChI is InChI=1S/C16H11NO4S/c1-21-16(20)10-2-5-13(6-3-10)22-14-7-4-11(15(18)19)8-12(14)9-17/h2-8H,1H3,(H,18,19).